The van der Waals surface area contributed by atoms with Crippen LogP contribution >= 0.6 is 0 Å². The number of nitrogens with zero attached hydrogens (tertiary/aromatic N) is 5. The van der Waals surface area contributed by atoms with E-state index in [1.807, 2.05) is 32.0 Å². The van der Waals surface area contributed by atoms with Gasteiger partial charge in [0.25, 0.3) is 11.4 Å². The maximum atomic E-state index is 13.3. The predicted molar refractivity (Wildman–Crippen MR) is 119 cm³/mol. The van der Waals surface area contributed by atoms with Gasteiger partial charge in [0.15, 0.2) is 5.82 Å². The highest BCUT2D eigenvalue weighted by Gasteiger charge is 2.19. The van der Waals surface area contributed by atoms with Gasteiger partial charge in [-0.2, -0.15) is 10.1 Å². The minimum Gasteiger partial charge on any atom is -0.392 e. The second kappa shape index (κ2) is 8.10. The third-order valence-corrected chi connectivity index (χ3v) is 5.67. The fraction of sp³-hybridized carbons (Fsp3) is 0.167. The van der Waals surface area contributed by atoms with Gasteiger partial charge < -0.3 is 14.2 Å². The van der Waals surface area contributed by atoms with Crippen molar-refractivity contribution >= 4 is 5.52 Å². The molecule has 0 atom stereocenters. The van der Waals surface area contributed by atoms with E-state index in [9.17, 15) is 14.3 Å². The Hall–Kier alpha value is -4.11. The Balaban J connectivity index is 1.51. The molecule has 0 bridgehead atoms. The van der Waals surface area contributed by atoms with Crippen LogP contribution in [0.5, 0.6) is 0 Å². The van der Waals surface area contributed by atoms with Crippen LogP contribution < -0.4 is 5.56 Å². The number of aromatic nitrogens is 5. The van der Waals surface area contributed by atoms with Crippen LogP contribution in [-0.2, 0) is 13.2 Å². The van der Waals surface area contributed by atoms with Gasteiger partial charge in [-0.3, -0.25) is 4.79 Å². The topological polar surface area (TPSA) is 98.5 Å². The summed E-state index contributed by atoms with van der Waals surface area (Å²) in [5.74, 6) is 0.343. The normalized spacial score (nSPS) is 11.4. The zero-order valence-electron chi connectivity index (χ0n) is 18.0. The summed E-state index contributed by atoms with van der Waals surface area (Å²) >= 11 is 0. The standard InChI is InChI=1S/C24H20FN5O3/c1-14-3-4-17(11-15(14)2)23-26-20(28-33-23)12-29-9-10-30-22(24(29)32)19(13-31)21(27-30)16-5-7-18(25)8-6-16/h3-11,31H,12-13H2,1-2H3. The van der Waals surface area contributed by atoms with Crippen molar-refractivity contribution in [2.75, 3.05) is 0 Å². The summed E-state index contributed by atoms with van der Waals surface area (Å²) in [5.41, 5.74) is 4.35. The van der Waals surface area contributed by atoms with Crippen LogP contribution in [-0.4, -0.2) is 29.4 Å². The Kier molecular flexibility index (Phi) is 5.10. The summed E-state index contributed by atoms with van der Waals surface area (Å²) in [4.78, 5) is 17.6. The number of aliphatic hydroxyl groups excluding tert-OH is 1. The summed E-state index contributed by atoms with van der Waals surface area (Å²) in [6.45, 7) is 3.73. The van der Waals surface area contributed by atoms with Gasteiger partial charge in [0, 0.05) is 29.1 Å². The van der Waals surface area contributed by atoms with E-state index >= 15 is 0 Å². The lowest BCUT2D eigenvalue weighted by atomic mass is 10.1. The molecule has 0 saturated heterocycles. The highest BCUT2D eigenvalue weighted by molar-refractivity contribution is 5.72. The molecule has 3 aromatic heterocycles. The second-order valence-corrected chi connectivity index (χ2v) is 7.83. The number of benzene rings is 2. The number of fused-ring (bicyclic) bond motifs is 1. The van der Waals surface area contributed by atoms with E-state index in [4.69, 9.17) is 4.52 Å². The van der Waals surface area contributed by atoms with Crippen LogP contribution in [0.1, 0.15) is 22.5 Å². The van der Waals surface area contributed by atoms with Crippen LogP contribution in [0, 0.1) is 19.7 Å². The van der Waals surface area contributed by atoms with Gasteiger partial charge in [-0.1, -0.05) is 11.2 Å². The van der Waals surface area contributed by atoms with E-state index in [1.54, 1.807) is 24.5 Å². The maximum absolute atomic E-state index is 13.3. The summed E-state index contributed by atoms with van der Waals surface area (Å²) in [6, 6.07) is 11.6. The Labute approximate surface area is 187 Å². The van der Waals surface area contributed by atoms with Crippen LogP contribution in [0.15, 0.2) is 64.2 Å². The first-order valence-electron chi connectivity index (χ1n) is 10.3. The van der Waals surface area contributed by atoms with Crippen molar-refractivity contribution in [3.05, 3.63) is 93.5 Å². The molecule has 0 aliphatic heterocycles. The molecule has 0 amide bonds. The molecular weight excluding hydrogens is 425 g/mol. The van der Waals surface area contributed by atoms with E-state index in [0.29, 0.717) is 28.5 Å². The molecule has 0 unspecified atom stereocenters. The Morgan fingerprint density at radius 2 is 1.79 bits per heavy atom. The monoisotopic (exact) mass is 445 g/mol. The minimum absolute atomic E-state index is 0.0889. The number of hydrogen-bond acceptors (Lipinski definition) is 6. The number of aryl methyl sites for hydroxylation is 2. The molecule has 2 aromatic carbocycles. The molecule has 3 heterocycles. The molecule has 33 heavy (non-hydrogen) atoms. The van der Waals surface area contributed by atoms with E-state index in [-0.39, 0.29) is 23.4 Å². The molecule has 0 aliphatic rings. The van der Waals surface area contributed by atoms with Crippen molar-refractivity contribution in [3.8, 4) is 22.7 Å². The molecule has 0 saturated carbocycles. The molecule has 0 spiro atoms. The zero-order valence-corrected chi connectivity index (χ0v) is 18.0. The first kappa shape index (κ1) is 20.8. The Morgan fingerprint density at radius 3 is 2.52 bits per heavy atom. The van der Waals surface area contributed by atoms with Crippen LogP contribution in [0.25, 0.3) is 28.2 Å². The first-order chi connectivity index (χ1) is 15.9. The molecule has 0 aliphatic carbocycles. The highest BCUT2D eigenvalue weighted by Crippen LogP contribution is 2.25. The summed E-state index contributed by atoms with van der Waals surface area (Å²) < 4.78 is 21.6. The zero-order chi connectivity index (χ0) is 23.1. The predicted octanol–water partition coefficient (Wildman–Crippen LogP) is 3.51. The third kappa shape index (κ3) is 3.72. The quantitative estimate of drug-likeness (QED) is 0.445. The lowest BCUT2D eigenvalue weighted by molar-refractivity contribution is 0.283. The summed E-state index contributed by atoms with van der Waals surface area (Å²) in [7, 11) is 0. The van der Waals surface area contributed by atoms with Gasteiger partial charge in [-0.15, -0.1) is 0 Å². The Bertz CT molecular complexity index is 1530. The van der Waals surface area contributed by atoms with E-state index in [0.717, 1.165) is 11.1 Å². The van der Waals surface area contributed by atoms with E-state index in [1.165, 1.54) is 26.8 Å². The smallest absolute Gasteiger partial charge is 0.277 e. The van der Waals surface area contributed by atoms with Crippen LogP contribution in [0.3, 0.4) is 0 Å². The molecule has 0 radical (unpaired) electrons. The van der Waals surface area contributed by atoms with Gasteiger partial charge in [0.05, 0.1) is 18.8 Å². The minimum atomic E-state index is -0.394. The first-order valence-corrected chi connectivity index (χ1v) is 10.3. The molecule has 9 heteroatoms. The fourth-order valence-corrected chi connectivity index (χ4v) is 3.73. The van der Waals surface area contributed by atoms with Crippen molar-refractivity contribution < 1.29 is 14.0 Å². The molecule has 166 valence electrons. The molecule has 5 aromatic rings. The average molecular weight is 445 g/mol. The van der Waals surface area contributed by atoms with Gasteiger partial charge in [-0.25, -0.2) is 8.91 Å². The molecule has 1 N–H and O–H groups in total. The lowest BCUT2D eigenvalue weighted by Crippen LogP contribution is -2.23. The van der Waals surface area contributed by atoms with Gasteiger partial charge >= 0.3 is 0 Å². The molecule has 5 rings (SSSR count). The van der Waals surface area contributed by atoms with E-state index in [2.05, 4.69) is 15.2 Å². The SMILES string of the molecule is Cc1ccc(-c2nc(Cn3ccn4nc(-c5ccc(F)cc5)c(CO)c4c3=O)no2)cc1C. The summed E-state index contributed by atoms with van der Waals surface area (Å²) in [5, 5.41) is 18.4. The van der Waals surface area contributed by atoms with Gasteiger partial charge in [0.2, 0.25) is 0 Å². The largest absolute Gasteiger partial charge is 0.392 e. The average Bonchev–Trinajstić information content (AvgIpc) is 3.43. The number of rotatable bonds is 5. The van der Waals surface area contributed by atoms with Crippen molar-refractivity contribution in [1.82, 2.24) is 24.3 Å². The van der Waals surface area contributed by atoms with Crippen molar-refractivity contribution in [2.24, 2.45) is 0 Å². The fourth-order valence-electron chi connectivity index (χ4n) is 3.73. The van der Waals surface area contributed by atoms with Crippen molar-refractivity contribution in [3.63, 3.8) is 0 Å². The Morgan fingerprint density at radius 1 is 1.03 bits per heavy atom. The molecule has 0 fully saturated rings. The number of halogens is 1. The highest BCUT2D eigenvalue weighted by atomic mass is 19.1. The lowest BCUT2D eigenvalue weighted by Gasteiger charge is -2.03. The second-order valence-electron chi connectivity index (χ2n) is 7.83. The van der Waals surface area contributed by atoms with Crippen LogP contribution in [0.2, 0.25) is 0 Å². The number of aliphatic hydroxyl groups is 1. The van der Waals surface area contributed by atoms with Crippen molar-refractivity contribution in [2.45, 2.75) is 27.0 Å². The van der Waals surface area contributed by atoms with Crippen LogP contribution in [0.4, 0.5) is 4.39 Å². The van der Waals surface area contributed by atoms with Gasteiger partial charge in [0.1, 0.15) is 11.3 Å². The molecule has 8 nitrogen and oxygen atoms in total. The third-order valence-electron chi connectivity index (χ3n) is 5.67. The van der Waals surface area contributed by atoms with Gasteiger partial charge in [-0.05, 0) is 61.4 Å². The van der Waals surface area contributed by atoms with E-state index < -0.39 is 6.61 Å². The maximum Gasteiger partial charge on any atom is 0.277 e. The summed E-state index contributed by atoms with van der Waals surface area (Å²) in [6.07, 6.45) is 3.19. The number of hydrogen-bond donors (Lipinski definition) is 1. The van der Waals surface area contributed by atoms with Crippen molar-refractivity contribution in [1.29, 1.82) is 0 Å². The molecular formula is C24H20FN5O3.